The van der Waals surface area contributed by atoms with E-state index in [1.165, 1.54) is 12.7 Å². The fraction of sp³-hybridized carbons (Fsp3) is 0.640. The quantitative estimate of drug-likeness (QED) is 0.317. The molecule has 33 heavy (non-hydrogen) atoms. The van der Waals surface area contributed by atoms with Gasteiger partial charge in [-0.25, -0.2) is 4.79 Å². The molecule has 186 valence electrons. The highest BCUT2D eigenvalue weighted by atomic mass is 16.6. The number of carbonyl (C=O) groups is 3. The van der Waals surface area contributed by atoms with Crippen molar-refractivity contribution in [2.75, 3.05) is 7.11 Å². The number of aryl methyl sites for hydroxylation is 1. The Bertz CT molecular complexity index is 742. The summed E-state index contributed by atoms with van der Waals surface area (Å²) in [6, 6.07) is 7.80. The molecule has 0 saturated heterocycles. The van der Waals surface area contributed by atoms with Gasteiger partial charge in [-0.3, -0.25) is 9.59 Å². The van der Waals surface area contributed by atoms with Crippen molar-refractivity contribution in [3.05, 3.63) is 35.4 Å². The van der Waals surface area contributed by atoms with Gasteiger partial charge in [0.25, 0.3) is 0 Å². The molecule has 1 aromatic carbocycles. The highest BCUT2D eigenvalue weighted by Crippen LogP contribution is 2.14. The summed E-state index contributed by atoms with van der Waals surface area (Å²) in [5.41, 5.74) is 6.91. The summed E-state index contributed by atoms with van der Waals surface area (Å²) in [7, 11) is 1.41. The topological polar surface area (TPSA) is 117 Å². The number of esters is 1. The highest BCUT2D eigenvalue weighted by molar-refractivity contribution is 5.74. The lowest BCUT2D eigenvalue weighted by Gasteiger charge is -2.27. The van der Waals surface area contributed by atoms with Crippen LogP contribution in [0.3, 0.4) is 0 Å². The molecule has 8 heteroatoms. The summed E-state index contributed by atoms with van der Waals surface area (Å²) in [6.07, 6.45) is 3.87. The second kappa shape index (κ2) is 14.5. The molecule has 0 aromatic heterocycles. The number of hydrogen-bond donors (Lipinski definition) is 2. The minimum absolute atomic E-state index is 0.141. The maximum absolute atomic E-state index is 12.2. The van der Waals surface area contributed by atoms with E-state index in [0.29, 0.717) is 19.4 Å². The molecular weight excluding hydrogens is 424 g/mol. The third-order valence-corrected chi connectivity index (χ3v) is 5.08. The molecule has 3 N–H and O–H groups in total. The molecule has 0 fully saturated rings. The number of nitrogens with one attached hydrogen (secondary N) is 1. The van der Waals surface area contributed by atoms with Gasteiger partial charge in [-0.15, -0.1) is 0 Å². The molecule has 0 spiro atoms. The molecule has 2 amide bonds. The Balaban J connectivity index is 2.51. The first-order chi connectivity index (χ1) is 15.5. The van der Waals surface area contributed by atoms with Gasteiger partial charge in [0.05, 0.1) is 25.9 Å². The van der Waals surface area contributed by atoms with Gasteiger partial charge in [0.2, 0.25) is 5.91 Å². The standard InChI is InChI=1S/C25H40N2O6/c1-18(21(15-16-22(26)28)27-24(30)33-25(2,3)4)32-17-20-13-11-19(12-14-20)9-7-6-8-10-23(29)31-5/h11-14,18,21H,6-10,15-17H2,1-5H3,(H2,26,28)(H,27,30)/t18-,21+/m1/s1. The molecule has 2 atom stereocenters. The largest absolute Gasteiger partial charge is 0.469 e. The number of hydrogen-bond acceptors (Lipinski definition) is 6. The van der Waals surface area contributed by atoms with Crippen LogP contribution in [-0.4, -0.2) is 42.8 Å². The van der Waals surface area contributed by atoms with Gasteiger partial charge >= 0.3 is 12.1 Å². The van der Waals surface area contributed by atoms with Crippen LogP contribution >= 0.6 is 0 Å². The van der Waals surface area contributed by atoms with Crippen molar-refractivity contribution in [3.63, 3.8) is 0 Å². The second-order valence-corrected chi connectivity index (χ2v) is 9.23. The number of amides is 2. The Morgan fingerprint density at radius 2 is 1.64 bits per heavy atom. The summed E-state index contributed by atoms with van der Waals surface area (Å²) >= 11 is 0. The third-order valence-electron chi connectivity index (χ3n) is 5.08. The monoisotopic (exact) mass is 464 g/mol. The predicted molar refractivity (Wildman–Crippen MR) is 126 cm³/mol. The van der Waals surface area contributed by atoms with E-state index in [1.54, 1.807) is 20.8 Å². The number of alkyl carbamates (subject to hydrolysis) is 1. The van der Waals surface area contributed by atoms with Crippen LogP contribution in [-0.2, 0) is 36.8 Å². The molecule has 0 aliphatic heterocycles. The summed E-state index contributed by atoms with van der Waals surface area (Å²) in [4.78, 5) is 34.5. The Labute approximate surface area is 197 Å². The number of ether oxygens (including phenoxy) is 3. The lowest BCUT2D eigenvalue weighted by Crippen LogP contribution is -2.45. The SMILES string of the molecule is COC(=O)CCCCCc1ccc(CO[C@H](C)[C@H](CCC(N)=O)NC(=O)OC(C)(C)C)cc1. The van der Waals surface area contributed by atoms with E-state index in [0.717, 1.165) is 31.2 Å². The van der Waals surface area contributed by atoms with Crippen molar-refractivity contribution in [1.82, 2.24) is 5.32 Å². The van der Waals surface area contributed by atoms with Crippen molar-refractivity contribution >= 4 is 18.0 Å². The van der Waals surface area contributed by atoms with Crippen LogP contribution in [0.25, 0.3) is 0 Å². The molecule has 0 aliphatic rings. The van der Waals surface area contributed by atoms with Crippen LogP contribution in [0.2, 0.25) is 0 Å². The van der Waals surface area contributed by atoms with Crippen LogP contribution in [0.4, 0.5) is 4.79 Å². The maximum atomic E-state index is 12.2. The number of nitrogens with two attached hydrogens (primary N) is 1. The van der Waals surface area contributed by atoms with Gasteiger partial charge in [-0.1, -0.05) is 30.7 Å². The summed E-state index contributed by atoms with van der Waals surface area (Å²) in [5, 5.41) is 2.80. The molecule has 1 aromatic rings. The van der Waals surface area contributed by atoms with Crippen LogP contribution in [0.5, 0.6) is 0 Å². The third kappa shape index (κ3) is 13.5. The van der Waals surface area contributed by atoms with Gasteiger partial charge < -0.3 is 25.3 Å². The summed E-state index contributed by atoms with van der Waals surface area (Å²) in [5.74, 6) is -0.592. The molecular formula is C25H40N2O6. The van der Waals surface area contributed by atoms with E-state index in [9.17, 15) is 14.4 Å². The van der Waals surface area contributed by atoms with Gasteiger partial charge in [0.1, 0.15) is 5.60 Å². The van der Waals surface area contributed by atoms with Crippen molar-refractivity contribution in [3.8, 4) is 0 Å². The van der Waals surface area contributed by atoms with E-state index < -0.39 is 23.6 Å². The average Bonchev–Trinajstić information content (AvgIpc) is 2.73. The van der Waals surface area contributed by atoms with Crippen molar-refractivity contribution in [2.45, 2.75) is 97.0 Å². The van der Waals surface area contributed by atoms with Crippen LogP contribution < -0.4 is 11.1 Å². The molecule has 0 aliphatic carbocycles. The Morgan fingerprint density at radius 3 is 2.21 bits per heavy atom. The first-order valence-corrected chi connectivity index (χ1v) is 11.5. The maximum Gasteiger partial charge on any atom is 0.407 e. The van der Waals surface area contributed by atoms with Crippen LogP contribution in [0, 0.1) is 0 Å². The fourth-order valence-corrected chi connectivity index (χ4v) is 3.20. The summed E-state index contributed by atoms with van der Waals surface area (Å²) < 4.78 is 15.9. The van der Waals surface area contributed by atoms with E-state index in [2.05, 4.69) is 22.2 Å². The Kier molecular flexibility index (Phi) is 12.5. The number of primary amides is 1. The molecule has 1 rings (SSSR count). The zero-order valence-corrected chi connectivity index (χ0v) is 20.6. The van der Waals surface area contributed by atoms with Gasteiger partial charge in [-0.05, 0) is 64.5 Å². The average molecular weight is 465 g/mol. The number of carbonyl (C=O) groups excluding carboxylic acids is 3. The van der Waals surface area contributed by atoms with E-state index in [1.807, 2.05) is 19.1 Å². The van der Waals surface area contributed by atoms with E-state index in [4.69, 9.17) is 15.2 Å². The normalized spacial score (nSPS) is 13.1. The fourth-order valence-electron chi connectivity index (χ4n) is 3.20. The lowest BCUT2D eigenvalue weighted by atomic mass is 10.0. The van der Waals surface area contributed by atoms with Gasteiger partial charge in [-0.2, -0.15) is 0 Å². The summed E-state index contributed by atoms with van der Waals surface area (Å²) in [6.45, 7) is 7.60. The zero-order valence-electron chi connectivity index (χ0n) is 20.6. The first kappa shape index (κ1) is 28.4. The van der Waals surface area contributed by atoms with Crippen molar-refractivity contribution in [1.29, 1.82) is 0 Å². The predicted octanol–water partition coefficient (Wildman–Crippen LogP) is 4.03. The Hall–Kier alpha value is -2.61. The molecule has 0 unspecified atom stereocenters. The van der Waals surface area contributed by atoms with Crippen molar-refractivity contribution < 1.29 is 28.6 Å². The number of benzene rings is 1. The molecule has 0 heterocycles. The second-order valence-electron chi connectivity index (χ2n) is 9.23. The minimum atomic E-state index is -0.620. The van der Waals surface area contributed by atoms with Crippen molar-refractivity contribution in [2.24, 2.45) is 5.73 Å². The molecule has 0 radical (unpaired) electrons. The van der Waals surface area contributed by atoms with Gasteiger partial charge in [0.15, 0.2) is 0 Å². The number of unbranched alkanes of at least 4 members (excludes halogenated alkanes) is 2. The molecule has 0 bridgehead atoms. The Morgan fingerprint density at radius 1 is 1.00 bits per heavy atom. The zero-order chi connectivity index (χ0) is 24.9. The van der Waals surface area contributed by atoms with E-state index in [-0.39, 0.29) is 18.5 Å². The lowest BCUT2D eigenvalue weighted by molar-refractivity contribution is -0.140. The highest BCUT2D eigenvalue weighted by Gasteiger charge is 2.24. The van der Waals surface area contributed by atoms with Crippen LogP contribution in [0.1, 0.15) is 77.3 Å². The van der Waals surface area contributed by atoms with E-state index >= 15 is 0 Å². The molecule has 8 nitrogen and oxygen atoms in total. The minimum Gasteiger partial charge on any atom is -0.469 e. The first-order valence-electron chi connectivity index (χ1n) is 11.5. The number of methoxy groups -OCH3 is 1. The van der Waals surface area contributed by atoms with Gasteiger partial charge in [0, 0.05) is 12.8 Å². The molecule has 0 saturated carbocycles. The van der Waals surface area contributed by atoms with Crippen LogP contribution in [0.15, 0.2) is 24.3 Å². The smallest absolute Gasteiger partial charge is 0.407 e. The number of rotatable bonds is 14.